The van der Waals surface area contributed by atoms with E-state index in [1.54, 1.807) is 6.08 Å². The van der Waals surface area contributed by atoms with E-state index >= 15 is 0 Å². The zero-order valence-electron chi connectivity index (χ0n) is 13.9. The van der Waals surface area contributed by atoms with Crippen molar-refractivity contribution in [3.8, 4) is 0 Å². The summed E-state index contributed by atoms with van der Waals surface area (Å²) < 4.78 is 26.4. The maximum atomic E-state index is 12.5. The highest BCUT2D eigenvalue weighted by atomic mass is 32.2. The number of hydrogen-bond donors (Lipinski definition) is 0. The van der Waals surface area contributed by atoms with E-state index in [0.29, 0.717) is 13.1 Å². The molecule has 0 fully saturated rings. The van der Waals surface area contributed by atoms with Crippen molar-refractivity contribution in [2.45, 2.75) is 13.8 Å². The summed E-state index contributed by atoms with van der Waals surface area (Å²) in [7, 11) is -3.41. The molecule has 0 aliphatic rings. The minimum atomic E-state index is -3.41. The highest BCUT2D eigenvalue weighted by Gasteiger charge is 2.15. The fourth-order valence-corrected chi connectivity index (χ4v) is 4.25. The SMILES string of the molecule is CCN(CC)S(=O)(=O)/C=C/c1c2ccccc2cc2ccccc12. The summed E-state index contributed by atoms with van der Waals surface area (Å²) in [4.78, 5) is 0. The lowest BCUT2D eigenvalue weighted by atomic mass is 9.97. The molecule has 0 saturated carbocycles. The lowest BCUT2D eigenvalue weighted by Gasteiger charge is -2.15. The van der Waals surface area contributed by atoms with Crippen LogP contribution in [0.1, 0.15) is 19.4 Å². The molecule has 0 aliphatic carbocycles. The van der Waals surface area contributed by atoms with E-state index in [-0.39, 0.29) is 0 Å². The van der Waals surface area contributed by atoms with Crippen molar-refractivity contribution >= 4 is 37.6 Å². The maximum Gasteiger partial charge on any atom is 0.236 e. The Morgan fingerprint density at radius 3 is 1.88 bits per heavy atom. The van der Waals surface area contributed by atoms with Crippen LogP contribution >= 0.6 is 0 Å². The number of hydrogen-bond acceptors (Lipinski definition) is 2. The minimum Gasteiger partial charge on any atom is -0.208 e. The van der Waals surface area contributed by atoms with Gasteiger partial charge < -0.3 is 0 Å². The summed E-state index contributed by atoms with van der Waals surface area (Å²) in [6.07, 6.45) is 1.73. The average molecular weight is 339 g/mol. The van der Waals surface area contributed by atoms with E-state index < -0.39 is 10.0 Å². The van der Waals surface area contributed by atoms with Crippen LogP contribution in [0.25, 0.3) is 27.6 Å². The zero-order valence-corrected chi connectivity index (χ0v) is 14.8. The van der Waals surface area contributed by atoms with Gasteiger partial charge in [-0.2, -0.15) is 4.31 Å². The van der Waals surface area contributed by atoms with Gasteiger partial charge in [0.25, 0.3) is 0 Å². The molecule has 3 aromatic carbocycles. The van der Waals surface area contributed by atoms with Crippen molar-refractivity contribution in [1.29, 1.82) is 0 Å². The van der Waals surface area contributed by atoms with Gasteiger partial charge in [-0.15, -0.1) is 0 Å². The molecule has 0 N–H and O–H groups in total. The van der Waals surface area contributed by atoms with Crippen LogP contribution in [0.5, 0.6) is 0 Å². The smallest absolute Gasteiger partial charge is 0.208 e. The molecule has 3 aromatic rings. The van der Waals surface area contributed by atoms with Gasteiger partial charge in [0.2, 0.25) is 10.0 Å². The van der Waals surface area contributed by atoms with Gasteiger partial charge >= 0.3 is 0 Å². The van der Waals surface area contributed by atoms with Gasteiger partial charge in [-0.1, -0.05) is 62.4 Å². The Morgan fingerprint density at radius 2 is 1.38 bits per heavy atom. The molecule has 0 spiro atoms. The molecule has 0 unspecified atom stereocenters. The fraction of sp³-hybridized carbons (Fsp3) is 0.200. The summed E-state index contributed by atoms with van der Waals surface area (Å²) in [5, 5.41) is 5.66. The molecule has 124 valence electrons. The van der Waals surface area contributed by atoms with Crippen LogP contribution < -0.4 is 0 Å². The molecule has 0 aromatic heterocycles. The molecule has 0 atom stereocenters. The first-order valence-electron chi connectivity index (χ1n) is 8.15. The monoisotopic (exact) mass is 339 g/mol. The van der Waals surface area contributed by atoms with Gasteiger partial charge in [-0.25, -0.2) is 8.42 Å². The molecule has 0 heterocycles. The molecule has 0 amide bonds. The van der Waals surface area contributed by atoms with E-state index in [0.717, 1.165) is 27.1 Å². The Balaban J connectivity index is 2.22. The lowest BCUT2D eigenvalue weighted by molar-refractivity contribution is 0.453. The number of benzene rings is 3. The molecule has 4 heteroatoms. The van der Waals surface area contributed by atoms with Gasteiger partial charge in [0.1, 0.15) is 0 Å². The summed E-state index contributed by atoms with van der Waals surface area (Å²) in [5.74, 6) is 0. The summed E-state index contributed by atoms with van der Waals surface area (Å²) in [6, 6.07) is 18.3. The molecule has 3 rings (SSSR count). The number of nitrogens with zero attached hydrogens (tertiary/aromatic N) is 1. The van der Waals surface area contributed by atoms with Crippen LogP contribution in [0.2, 0.25) is 0 Å². The van der Waals surface area contributed by atoms with Crippen molar-refractivity contribution in [3.05, 3.63) is 65.6 Å². The second-order valence-corrected chi connectivity index (χ2v) is 7.48. The zero-order chi connectivity index (χ0) is 17.2. The number of sulfonamides is 1. The Kier molecular flexibility index (Phi) is 4.69. The van der Waals surface area contributed by atoms with E-state index in [4.69, 9.17) is 0 Å². The van der Waals surface area contributed by atoms with E-state index in [9.17, 15) is 8.42 Å². The topological polar surface area (TPSA) is 37.4 Å². The first-order chi connectivity index (χ1) is 11.6. The van der Waals surface area contributed by atoms with Crippen LogP contribution in [0.3, 0.4) is 0 Å². The number of rotatable bonds is 5. The molecule has 0 saturated heterocycles. The van der Waals surface area contributed by atoms with Crippen LogP contribution in [-0.4, -0.2) is 25.8 Å². The Bertz CT molecular complexity index is 949. The van der Waals surface area contributed by atoms with Crippen molar-refractivity contribution in [2.75, 3.05) is 13.1 Å². The second kappa shape index (κ2) is 6.75. The van der Waals surface area contributed by atoms with E-state index in [1.165, 1.54) is 9.71 Å². The molecule has 0 radical (unpaired) electrons. The van der Waals surface area contributed by atoms with Crippen molar-refractivity contribution in [2.24, 2.45) is 0 Å². The molecular formula is C20H21NO2S. The first kappa shape index (κ1) is 16.7. The van der Waals surface area contributed by atoms with Gasteiger partial charge in [0, 0.05) is 18.5 Å². The second-order valence-electron chi connectivity index (χ2n) is 5.66. The predicted molar refractivity (Wildman–Crippen MR) is 102 cm³/mol. The van der Waals surface area contributed by atoms with E-state index in [1.807, 2.05) is 50.2 Å². The van der Waals surface area contributed by atoms with Gasteiger partial charge in [0.05, 0.1) is 0 Å². The van der Waals surface area contributed by atoms with Crippen LogP contribution in [0, 0.1) is 0 Å². The summed E-state index contributed by atoms with van der Waals surface area (Å²) >= 11 is 0. The van der Waals surface area contributed by atoms with Gasteiger partial charge in [0.15, 0.2) is 0 Å². The van der Waals surface area contributed by atoms with Crippen LogP contribution in [-0.2, 0) is 10.0 Å². The Morgan fingerprint density at radius 1 is 0.875 bits per heavy atom. The minimum absolute atomic E-state index is 0.472. The third kappa shape index (κ3) is 3.07. The average Bonchev–Trinajstić information content (AvgIpc) is 2.59. The van der Waals surface area contributed by atoms with Gasteiger partial charge in [-0.3, -0.25) is 0 Å². The largest absolute Gasteiger partial charge is 0.236 e. The quantitative estimate of drug-likeness (QED) is 0.635. The Hall–Kier alpha value is -2.17. The van der Waals surface area contributed by atoms with Crippen LogP contribution in [0.15, 0.2) is 60.0 Å². The van der Waals surface area contributed by atoms with Crippen molar-refractivity contribution in [1.82, 2.24) is 4.31 Å². The highest BCUT2D eigenvalue weighted by molar-refractivity contribution is 7.92. The Labute approximate surface area is 143 Å². The maximum absolute atomic E-state index is 12.5. The number of fused-ring (bicyclic) bond motifs is 2. The standard InChI is InChI=1S/C20H21NO2S/c1-3-21(4-2)24(22,23)14-13-20-18-11-7-5-9-16(18)15-17-10-6-8-12-19(17)20/h5-15H,3-4H2,1-2H3/b14-13+. The molecule has 0 bridgehead atoms. The molecular weight excluding hydrogens is 318 g/mol. The van der Waals surface area contributed by atoms with E-state index in [2.05, 4.69) is 18.2 Å². The third-order valence-corrected chi connectivity index (χ3v) is 6.00. The molecule has 3 nitrogen and oxygen atoms in total. The first-order valence-corrected chi connectivity index (χ1v) is 9.66. The fourth-order valence-electron chi connectivity index (χ4n) is 3.05. The van der Waals surface area contributed by atoms with Crippen molar-refractivity contribution in [3.63, 3.8) is 0 Å². The third-order valence-electron chi connectivity index (χ3n) is 4.28. The lowest BCUT2D eigenvalue weighted by Crippen LogP contribution is -2.28. The van der Waals surface area contributed by atoms with Gasteiger partial charge in [-0.05, 0) is 39.3 Å². The summed E-state index contributed by atoms with van der Waals surface area (Å²) in [6.45, 7) is 4.64. The predicted octanol–water partition coefficient (Wildman–Crippen LogP) is 4.64. The molecule has 0 aliphatic heterocycles. The normalized spacial score (nSPS) is 12.6. The summed E-state index contributed by atoms with van der Waals surface area (Å²) in [5.41, 5.74) is 0.944. The molecule has 24 heavy (non-hydrogen) atoms. The van der Waals surface area contributed by atoms with Crippen LogP contribution in [0.4, 0.5) is 0 Å². The van der Waals surface area contributed by atoms with Crippen molar-refractivity contribution < 1.29 is 8.42 Å². The highest BCUT2D eigenvalue weighted by Crippen LogP contribution is 2.29.